The number of carbonyl (C=O) groups excluding carboxylic acids is 1. The highest BCUT2D eigenvalue weighted by Gasteiger charge is 2.14. The third-order valence-electron chi connectivity index (χ3n) is 2.65. The van der Waals surface area contributed by atoms with E-state index in [4.69, 9.17) is 16.7 Å². The fourth-order valence-electron chi connectivity index (χ4n) is 1.60. The quantitative estimate of drug-likeness (QED) is 0.689. The zero-order chi connectivity index (χ0) is 15.4. The predicted octanol–water partition coefficient (Wildman–Crippen LogP) is 2.04. The van der Waals surface area contributed by atoms with Gasteiger partial charge in [-0.1, -0.05) is 11.6 Å². The monoisotopic (exact) mass is 309 g/mol. The van der Waals surface area contributed by atoms with E-state index in [0.717, 1.165) is 0 Å². The first-order valence-electron chi connectivity index (χ1n) is 5.93. The number of carbonyl (C=O) groups is 2. The Hall–Kier alpha value is -2.61. The van der Waals surface area contributed by atoms with Crippen molar-refractivity contribution in [3.05, 3.63) is 40.9 Å². The van der Waals surface area contributed by atoms with Crippen LogP contribution < -0.4 is 10.6 Å². The summed E-state index contributed by atoms with van der Waals surface area (Å²) in [7, 11) is 0. The number of amides is 2. The molecule has 0 saturated carbocycles. The minimum Gasteiger partial charge on any atom is -0.478 e. The molecule has 0 radical (unpaired) electrons. The maximum atomic E-state index is 11.9. The predicted molar refractivity (Wildman–Crippen MR) is 75.4 cm³/mol. The van der Waals surface area contributed by atoms with Crippen LogP contribution in [0.4, 0.5) is 10.5 Å². The molecule has 0 aliphatic rings. The lowest BCUT2D eigenvalue weighted by atomic mass is 10.2. The molecule has 21 heavy (non-hydrogen) atoms. The molecule has 1 aromatic heterocycles. The number of urea groups is 1. The molecule has 0 fully saturated rings. The van der Waals surface area contributed by atoms with Crippen LogP contribution in [0.1, 0.15) is 29.1 Å². The largest absolute Gasteiger partial charge is 0.478 e. The second-order valence-electron chi connectivity index (χ2n) is 4.19. The van der Waals surface area contributed by atoms with Crippen LogP contribution in [0.5, 0.6) is 0 Å². The van der Waals surface area contributed by atoms with E-state index in [9.17, 15) is 9.59 Å². The first-order valence-corrected chi connectivity index (χ1v) is 6.31. The SMILES string of the molecule is CC(NC(=O)Nc1cc(C(=O)O)ccc1Cl)c1ncn[nH]1. The van der Waals surface area contributed by atoms with E-state index in [2.05, 4.69) is 25.8 Å². The standard InChI is InChI=1S/C12H12ClN5O3/c1-6(10-14-5-15-18-10)16-12(21)17-9-4-7(11(19)20)2-3-8(9)13/h2-6H,1H3,(H,19,20)(H,14,15,18)(H2,16,17,21). The average molecular weight is 310 g/mol. The molecule has 9 heteroatoms. The van der Waals surface area contributed by atoms with Crippen LogP contribution in [0, 0.1) is 0 Å². The number of nitrogens with one attached hydrogen (secondary N) is 3. The summed E-state index contributed by atoms with van der Waals surface area (Å²) in [6.45, 7) is 1.72. The molecule has 0 aliphatic carbocycles. The summed E-state index contributed by atoms with van der Waals surface area (Å²) in [5.74, 6) is -0.610. The van der Waals surface area contributed by atoms with Gasteiger partial charge in [-0.15, -0.1) is 0 Å². The highest BCUT2D eigenvalue weighted by atomic mass is 35.5. The minimum atomic E-state index is -1.11. The van der Waals surface area contributed by atoms with Crippen molar-refractivity contribution in [2.75, 3.05) is 5.32 Å². The summed E-state index contributed by atoms with van der Waals surface area (Å²) in [6, 6.07) is 3.10. The summed E-state index contributed by atoms with van der Waals surface area (Å²) in [6.07, 6.45) is 1.33. The first kappa shape index (κ1) is 14.8. The van der Waals surface area contributed by atoms with Crippen molar-refractivity contribution >= 4 is 29.3 Å². The highest BCUT2D eigenvalue weighted by Crippen LogP contribution is 2.23. The van der Waals surface area contributed by atoms with E-state index in [-0.39, 0.29) is 16.3 Å². The number of H-pyrrole nitrogens is 1. The van der Waals surface area contributed by atoms with Crippen molar-refractivity contribution in [1.29, 1.82) is 0 Å². The third kappa shape index (κ3) is 3.69. The molecule has 1 atom stereocenters. The van der Waals surface area contributed by atoms with E-state index in [1.165, 1.54) is 24.5 Å². The number of anilines is 1. The van der Waals surface area contributed by atoms with Gasteiger partial charge >= 0.3 is 12.0 Å². The highest BCUT2D eigenvalue weighted by molar-refractivity contribution is 6.33. The Morgan fingerprint density at radius 2 is 2.19 bits per heavy atom. The van der Waals surface area contributed by atoms with Crippen LogP contribution in [-0.2, 0) is 0 Å². The molecule has 2 aromatic rings. The van der Waals surface area contributed by atoms with Gasteiger partial charge in [0.05, 0.1) is 22.3 Å². The lowest BCUT2D eigenvalue weighted by Crippen LogP contribution is -2.31. The zero-order valence-corrected chi connectivity index (χ0v) is 11.7. The summed E-state index contributed by atoms with van der Waals surface area (Å²) < 4.78 is 0. The number of carboxylic acid groups (broad SMARTS) is 1. The van der Waals surface area contributed by atoms with E-state index < -0.39 is 18.0 Å². The number of rotatable bonds is 4. The van der Waals surface area contributed by atoms with Crippen molar-refractivity contribution in [3.8, 4) is 0 Å². The maximum absolute atomic E-state index is 11.9. The Morgan fingerprint density at radius 3 is 2.81 bits per heavy atom. The Bertz CT molecular complexity index is 659. The Labute approximate surface area is 124 Å². The number of aromatic nitrogens is 3. The van der Waals surface area contributed by atoms with Gasteiger partial charge < -0.3 is 15.7 Å². The topological polar surface area (TPSA) is 120 Å². The average Bonchev–Trinajstić information content (AvgIpc) is 2.95. The first-order chi connectivity index (χ1) is 9.97. The fraction of sp³-hybridized carbons (Fsp3) is 0.167. The number of aromatic carboxylic acids is 1. The third-order valence-corrected chi connectivity index (χ3v) is 2.98. The summed E-state index contributed by atoms with van der Waals surface area (Å²) in [4.78, 5) is 26.7. The van der Waals surface area contributed by atoms with Crippen LogP contribution >= 0.6 is 11.6 Å². The van der Waals surface area contributed by atoms with Gasteiger partial charge in [0.1, 0.15) is 12.2 Å². The Kier molecular flexibility index (Phi) is 4.39. The smallest absolute Gasteiger partial charge is 0.335 e. The molecule has 0 aliphatic heterocycles. The lowest BCUT2D eigenvalue weighted by Gasteiger charge is -2.13. The molecule has 110 valence electrons. The normalized spacial score (nSPS) is 11.7. The second kappa shape index (κ2) is 6.23. The van der Waals surface area contributed by atoms with Crippen LogP contribution in [0.15, 0.2) is 24.5 Å². The van der Waals surface area contributed by atoms with E-state index in [0.29, 0.717) is 5.82 Å². The molecule has 1 aromatic carbocycles. The van der Waals surface area contributed by atoms with Crippen LogP contribution in [0.2, 0.25) is 5.02 Å². The maximum Gasteiger partial charge on any atom is 0.335 e. The van der Waals surface area contributed by atoms with Crippen LogP contribution in [0.3, 0.4) is 0 Å². The summed E-state index contributed by atoms with van der Waals surface area (Å²) >= 11 is 5.92. The molecule has 2 rings (SSSR count). The van der Waals surface area contributed by atoms with E-state index >= 15 is 0 Å². The molecule has 1 unspecified atom stereocenters. The molecule has 0 spiro atoms. The summed E-state index contributed by atoms with van der Waals surface area (Å²) in [5.41, 5.74) is 0.233. The molecule has 2 amide bonds. The molecule has 1 heterocycles. The van der Waals surface area contributed by atoms with Gasteiger partial charge in [-0.05, 0) is 25.1 Å². The molecular formula is C12H12ClN5O3. The van der Waals surface area contributed by atoms with Crippen LogP contribution in [0.25, 0.3) is 0 Å². The van der Waals surface area contributed by atoms with Gasteiger partial charge in [0.15, 0.2) is 0 Å². The van der Waals surface area contributed by atoms with Crippen molar-refractivity contribution in [3.63, 3.8) is 0 Å². The minimum absolute atomic E-state index is 0.0259. The van der Waals surface area contributed by atoms with Gasteiger partial charge in [-0.2, -0.15) is 5.10 Å². The van der Waals surface area contributed by atoms with Crippen molar-refractivity contribution in [2.45, 2.75) is 13.0 Å². The molecular weight excluding hydrogens is 298 g/mol. The van der Waals surface area contributed by atoms with Gasteiger partial charge in [-0.3, -0.25) is 5.10 Å². The number of aromatic amines is 1. The Balaban J connectivity index is 2.05. The van der Waals surface area contributed by atoms with Gasteiger partial charge in [0.25, 0.3) is 0 Å². The van der Waals surface area contributed by atoms with Crippen molar-refractivity contribution in [2.24, 2.45) is 0 Å². The second-order valence-corrected chi connectivity index (χ2v) is 4.60. The number of benzene rings is 1. The summed E-state index contributed by atoms with van der Waals surface area (Å²) in [5, 5.41) is 20.6. The Morgan fingerprint density at radius 1 is 1.43 bits per heavy atom. The number of hydrogen-bond donors (Lipinski definition) is 4. The van der Waals surface area contributed by atoms with Gasteiger partial charge in [0, 0.05) is 0 Å². The van der Waals surface area contributed by atoms with Gasteiger partial charge in [-0.25, -0.2) is 14.6 Å². The van der Waals surface area contributed by atoms with Crippen molar-refractivity contribution < 1.29 is 14.7 Å². The molecule has 0 saturated heterocycles. The number of hydrogen-bond acceptors (Lipinski definition) is 4. The van der Waals surface area contributed by atoms with Gasteiger partial charge in [0.2, 0.25) is 0 Å². The van der Waals surface area contributed by atoms with Crippen LogP contribution in [-0.4, -0.2) is 32.3 Å². The van der Waals surface area contributed by atoms with E-state index in [1.807, 2.05) is 0 Å². The molecule has 4 N–H and O–H groups in total. The zero-order valence-electron chi connectivity index (χ0n) is 10.9. The number of nitrogens with zero attached hydrogens (tertiary/aromatic N) is 2. The lowest BCUT2D eigenvalue weighted by molar-refractivity contribution is 0.0697. The molecule has 0 bridgehead atoms. The van der Waals surface area contributed by atoms with Crippen molar-refractivity contribution in [1.82, 2.24) is 20.5 Å². The van der Waals surface area contributed by atoms with E-state index in [1.54, 1.807) is 6.92 Å². The number of halogens is 1. The number of carboxylic acids is 1. The molecule has 8 nitrogen and oxygen atoms in total. The fourth-order valence-corrected chi connectivity index (χ4v) is 1.77.